The van der Waals surface area contributed by atoms with Crippen molar-refractivity contribution in [2.75, 3.05) is 13.7 Å². The predicted octanol–water partition coefficient (Wildman–Crippen LogP) is 3.51. The summed E-state index contributed by atoms with van der Waals surface area (Å²) in [5, 5.41) is 7.51. The highest BCUT2D eigenvalue weighted by atomic mass is 32.1. The van der Waals surface area contributed by atoms with Crippen molar-refractivity contribution in [3.63, 3.8) is 0 Å². The second kappa shape index (κ2) is 6.95. The largest absolute Gasteiger partial charge is 0.497 e. The summed E-state index contributed by atoms with van der Waals surface area (Å²) in [5.74, 6) is 0.475. The van der Waals surface area contributed by atoms with Gasteiger partial charge in [-0.1, -0.05) is 31.3 Å². The summed E-state index contributed by atoms with van der Waals surface area (Å²) in [6, 6.07) is 4.69. The van der Waals surface area contributed by atoms with Gasteiger partial charge < -0.3 is 10.1 Å². The van der Waals surface area contributed by atoms with Gasteiger partial charge in [0.25, 0.3) is 0 Å². The van der Waals surface area contributed by atoms with Gasteiger partial charge in [-0.05, 0) is 30.1 Å². The highest BCUT2D eigenvalue weighted by Gasteiger charge is 2.24. The van der Waals surface area contributed by atoms with Crippen LogP contribution in [-0.2, 0) is 0 Å². The van der Waals surface area contributed by atoms with Gasteiger partial charge in [0.05, 0.1) is 23.7 Å². The first-order valence-corrected chi connectivity index (χ1v) is 7.74. The van der Waals surface area contributed by atoms with Crippen LogP contribution < -0.4 is 10.1 Å². The zero-order chi connectivity index (χ0) is 15.4. The summed E-state index contributed by atoms with van der Waals surface area (Å²) in [6.07, 6.45) is 0. The van der Waals surface area contributed by atoms with Gasteiger partial charge in [0.15, 0.2) is 0 Å². The number of aromatic nitrogens is 2. The van der Waals surface area contributed by atoms with Gasteiger partial charge in [0.2, 0.25) is 0 Å². The van der Waals surface area contributed by atoms with Gasteiger partial charge in [-0.2, -0.15) is 0 Å². The lowest BCUT2D eigenvalue weighted by molar-refractivity contribution is 0.410. The number of halogens is 1. The summed E-state index contributed by atoms with van der Waals surface area (Å²) in [7, 11) is 1.53. The molecule has 1 unspecified atom stereocenters. The summed E-state index contributed by atoms with van der Waals surface area (Å²) >= 11 is 1.32. The molecule has 2 rings (SSSR count). The lowest BCUT2D eigenvalue weighted by atomic mass is 9.99. The van der Waals surface area contributed by atoms with Crippen LogP contribution in [0, 0.1) is 5.82 Å². The Labute approximate surface area is 128 Å². The van der Waals surface area contributed by atoms with E-state index >= 15 is 0 Å². The highest BCUT2D eigenvalue weighted by molar-refractivity contribution is 7.05. The Balaban J connectivity index is 2.46. The van der Waals surface area contributed by atoms with Crippen molar-refractivity contribution < 1.29 is 9.13 Å². The monoisotopic (exact) mass is 309 g/mol. The standard InChI is InChI=1S/C15H20FN3OS/c1-5-17-14(15-13(9(2)3)18-19-21-15)11-7-6-10(20-4)8-12(11)16/h6-9,14,17H,5H2,1-4H3. The van der Waals surface area contributed by atoms with E-state index in [9.17, 15) is 4.39 Å². The number of rotatable bonds is 6. The highest BCUT2D eigenvalue weighted by Crippen LogP contribution is 2.33. The number of nitrogens with zero attached hydrogens (tertiary/aromatic N) is 2. The molecule has 0 amide bonds. The lowest BCUT2D eigenvalue weighted by Crippen LogP contribution is -2.23. The maximum absolute atomic E-state index is 14.4. The first-order chi connectivity index (χ1) is 10.1. The number of methoxy groups -OCH3 is 1. The molecule has 0 aliphatic rings. The minimum absolute atomic E-state index is 0.238. The van der Waals surface area contributed by atoms with Gasteiger partial charge in [0.1, 0.15) is 11.6 Å². The number of hydrogen-bond donors (Lipinski definition) is 1. The number of nitrogens with one attached hydrogen (secondary N) is 1. The molecule has 21 heavy (non-hydrogen) atoms. The Morgan fingerprint density at radius 3 is 2.71 bits per heavy atom. The average molecular weight is 309 g/mol. The van der Waals surface area contributed by atoms with Gasteiger partial charge >= 0.3 is 0 Å². The topological polar surface area (TPSA) is 47.0 Å². The lowest BCUT2D eigenvalue weighted by Gasteiger charge is -2.19. The van der Waals surface area contributed by atoms with Crippen molar-refractivity contribution in [1.82, 2.24) is 14.9 Å². The van der Waals surface area contributed by atoms with E-state index in [2.05, 4.69) is 28.8 Å². The zero-order valence-electron chi connectivity index (χ0n) is 12.7. The Morgan fingerprint density at radius 2 is 2.14 bits per heavy atom. The Bertz CT molecular complexity index is 600. The first-order valence-electron chi connectivity index (χ1n) is 6.97. The van der Waals surface area contributed by atoms with E-state index in [-0.39, 0.29) is 17.8 Å². The molecule has 0 fully saturated rings. The van der Waals surface area contributed by atoms with E-state index in [4.69, 9.17) is 4.74 Å². The summed E-state index contributed by atoms with van der Waals surface area (Å²) in [4.78, 5) is 0.968. The molecule has 1 aromatic heterocycles. The van der Waals surface area contributed by atoms with Crippen LogP contribution in [0.4, 0.5) is 4.39 Å². The molecule has 0 saturated heterocycles. The average Bonchev–Trinajstić information content (AvgIpc) is 2.94. The van der Waals surface area contributed by atoms with E-state index in [1.807, 2.05) is 6.92 Å². The molecule has 0 aliphatic carbocycles. The van der Waals surface area contributed by atoms with Crippen molar-refractivity contribution in [1.29, 1.82) is 0 Å². The molecule has 0 aliphatic heterocycles. The van der Waals surface area contributed by atoms with Crippen LogP contribution in [0.2, 0.25) is 0 Å². The fourth-order valence-corrected chi connectivity index (χ4v) is 3.12. The fourth-order valence-electron chi connectivity index (χ4n) is 2.22. The third-order valence-electron chi connectivity index (χ3n) is 3.28. The fraction of sp³-hybridized carbons (Fsp3) is 0.467. The van der Waals surface area contributed by atoms with Crippen molar-refractivity contribution in [3.8, 4) is 5.75 Å². The summed E-state index contributed by atoms with van der Waals surface area (Å²) in [5.41, 5.74) is 1.51. The van der Waals surface area contributed by atoms with Gasteiger partial charge in [-0.25, -0.2) is 4.39 Å². The molecule has 4 nitrogen and oxygen atoms in total. The van der Waals surface area contributed by atoms with Crippen LogP contribution in [0.3, 0.4) is 0 Å². The molecule has 1 heterocycles. The molecule has 0 bridgehead atoms. The van der Waals surface area contributed by atoms with Crippen LogP contribution in [-0.4, -0.2) is 23.2 Å². The zero-order valence-corrected chi connectivity index (χ0v) is 13.5. The minimum Gasteiger partial charge on any atom is -0.497 e. The van der Waals surface area contributed by atoms with Gasteiger partial charge in [-0.3, -0.25) is 0 Å². The SMILES string of the molecule is CCNC(c1ccc(OC)cc1F)c1snnc1C(C)C. The third-order valence-corrected chi connectivity index (χ3v) is 4.08. The van der Waals surface area contributed by atoms with E-state index in [0.717, 1.165) is 17.1 Å². The molecule has 0 radical (unpaired) electrons. The van der Waals surface area contributed by atoms with Gasteiger partial charge in [-0.15, -0.1) is 5.10 Å². The van der Waals surface area contributed by atoms with Gasteiger partial charge in [0, 0.05) is 11.6 Å². The minimum atomic E-state index is -0.289. The van der Waals surface area contributed by atoms with E-state index in [1.54, 1.807) is 12.1 Å². The molecule has 0 spiro atoms. The molecule has 1 N–H and O–H groups in total. The van der Waals surface area contributed by atoms with Crippen LogP contribution in [0.15, 0.2) is 18.2 Å². The maximum Gasteiger partial charge on any atom is 0.132 e. The van der Waals surface area contributed by atoms with Crippen molar-refractivity contribution in [3.05, 3.63) is 40.2 Å². The van der Waals surface area contributed by atoms with Crippen molar-refractivity contribution in [2.24, 2.45) is 0 Å². The molecular weight excluding hydrogens is 289 g/mol. The molecule has 0 saturated carbocycles. The molecular formula is C15H20FN3OS. The maximum atomic E-state index is 14.4. The second-order valence-electron chi connectivity index (χ2n) is 5.06. The van der Waals surface area contributed by atoms with Crippen molar-refractivity contribution in [2.45, 2.75) is 32.7 Å². The Kier molecular flexibility index (Phi) is 5.25. The summed E-state index contributed by atoms with van der Waals surface area (Å²) in [6.45, 7) is 6.85. The quantitative estimate of drug-likeness (QED) is 0.887. The number of benzene rings is 1. The van der Waals surface area contributed by atoms with Crippen LogP contribution >= 0.6 is 11.5 Å². The molecule has 2 aromatic rings. The smallest absolute Gasteiger partial charge is 0.132 e. The third kappa shape index (κ3) is 3.39. The molecule has 114 valence electrons. The molecule has 6 heteroatoms. The number of ether oxygens (including phenoxy) is 1. The normalized spacial score (nSPS) is 12.7. The summed E-state index contributed by atoms with van der Waals surface area (Å²) < 4.78 is 23.5. The first kappa shape index (κ1) is 15.9. The van der Waals surface area contributed by atoms with E-state index < -0.39 is 0 Å². The van der Waals surface area contributed by atoms with E-state index in [0.29, 0.717) is 11.3 Å². The van der Waals surface area contributed by atoms with Crippen LogP contribution in [0.5, 0.6) is 5.75 Å². The van der Waals surface area contributed by atoms with Crippen LogP contribution in [0.1, 0.15) is 48.9 Å². The second-order valence-corrected chi connectivity index (χ2v) is 5.84. The Morgan fingerprint density at radius 1 is 1.38 bits per heavy atom. The predicted molar refractivity (Wildman–Crippen MR) is 82.5 cm³/mol. The van der Waals surface area contributed by atoms with Crippen LogP contribution in [0.25, 0.3) is 0 Å². The number of hydrogen-bond acceptors (Lipinski definition) is 5. The Hall–Kier alpha value is -1.53. The molecule has 1 aromatic carbocycles. The van der Waals surface area contributed by atoms with Crippen molar-refractivity contribution >= 4 is 11.5 Å². The van der Waals surface area contributed by atoms with E-state index in [1.165, 1.54) is 24.7 Å². The molecule has 1 atom stereocenters.